The molecule has 1 aliphatic heterocycles. The highest BCUT2D eigenvalue weighted by Gasteiger charge is 2.32. The Labute approximate surface area is 151 Å². The van der Waals surface area contributed by atoms with Crippen molar-refractivity contribution in [2.75, 3.05) is 33.4 Å². The number of hydrogen-bond acceptors (Lipinski definition) is 5. The van der Waals surface area contributed by atoms with Gasteiger partial charge in [0.05, 0.1) is 17.2 Å². The van der Waals surface area contributed by atoms with Crippen molar-refractivity contribution in [3.63, 3.8) is 0 Å². The average Bonchev–Trinajstić information content (AvgIpc) is 3.25. The van der Waals surface area contributed by atoms with Crippen LogP contribution >= 0.6 is 23.7 Å². The number of thiophene rings is 1. The second-order valence-electron chi connectivity index (χ2n) is 6.01. The molecule has 0 aromatic carbocycles. The first-order valence-corrected chi connectivity index (χ1v) is 8.68. The summed E-state index contributed by atoms with van der Waals surface area (Å²) in [6.07, 6.45) is 2.00. The van der Waals surface area contributed by atoms with Gasteiger partial charge >= 0.3 is 0 Å². The van der Waals surface area contributed by atoms with Crippen molar-refractivity contribution >= 4 is 29.7 Å². The van der Waals surface area contributed by atoms with Crippen molar-refractivity contribution < 1.29 is 9.53 Å². The molecule has 0 bridgehead atoms. The lowest BCUT2D eigenvalue weighted by Crippen LogP contribution is -2.47. The van der Waals surface area contributed by atoms with Gasteiger partial charge in [0, 0.05) is 19.1 Å². The molecule has 132 valence electrons. The molecule has 3 N–H and O–H groups in total. The van der Waals surface area contributed by atoms with Gasteiger partial charge in [0.2, 0.25) is 0 Å². The predicted octanol–water partition coefficient (Wildman–Crippen LogP) is 2.31. The molecule has 3 heterocycles. The van der Waals surface area contributed by atoms with Gasteiger partial charge in [-0.25, -0.2) is 0 Å². The molecule has 24 heavy (non-hydrogen) atoms. The number of aromatic nitrogens is 2. The number of ether oxygens (including phenoxy) is 1. The van der Waals surface area contributed by atoms with Crippen LogP contribution in [0.15, 0.2) is 23.6 Å². The first kappa shape index (κ1) is 18.9. The Morgan fingerprint density at radius 1 is 1.46 bits per heavy atom. The van der Waals surface area contributed by atoms with Crippen molar-refractivity contribution in [2.24, 2.45) is 5.41 Å². The van der Waals surface area contributed by atoms with Crippen LogP contribution in [0.4, 0.5) is 0 Å². The highest BCUT2D eigenvalue weighted by Crippen LogP contribution is 2.28. The second-order valence-corrected chi connectivity index (χ2v) is 6.96. The number of hydrogen-bond donors (Lipinski definition) is 3. The molecule has 3 rings (SSSR count). The summed E-state index contributed by atoms with van der Waals surface area (Å²) < 4.78 is 5.38. The fourth-order valence-corrected chi connectivity index (χ4v) is 3.68. The molecule has 0 atom stereocenters. The van der Waals surface area contributed by atoms with Gasteiger partial charge < -0.3 is 15.4 Å². The van der Waals surface area contributed by atoms with Crippen molar-refractivity contribution in [1.29, 1.82) is 0 Å². The highest BCUT2D eigenvalue weighted by molar-refractivity contribution is 7.13. The van der Waals surface area contributed by atoms with E-state index in [0.717, 1.165) is 36.5 Å². The van der Waals surface area contributed by atoms with Crippen molar-refractivity contribution in [1.82, 2.24) is 20.8 Å². The van der Waals surface area contributed by atoms with Crippen LogP contribution in [0.2, 0.25) is 0 Å². The fourth-order valence-electron chi connectivity index (χ4n) is 2.99. The number of halogens is 1. The zero-order valence-corrected chi connectivity index (χ0v) is 15.3. The maximum absolute atomic E-state index is 12.4. The van der Waals surface area contributed by atoms with E-state index in [9.17, 15) is 4.79 Å². The Hall–Kier alpha value is -1.41. The third kappa shape index (κ3) is 4.36. The van der Waals surface area contributed by atoms with Crippen LogP contribution in [-0.2, 0) is 4.74 Å². The van der Waals surface area contributed by atoms with E-state index in [1.54, 1.807) is 24.5 Å². The number of nitrogens with one attached hydrogen (secondary N) is 3. The normalized spacial score (nSPS) is 16.4. The minimum atomic E-state index is -0.141. The molecule has 0 unspecified atom stereocenters. The highest BCUT2D eigenvalue weighted by atomic mass is 35.5. The van der Waals surface area contributed by atoms with Gasteiger partial charge in [-0.2, -0.15) is 5.10 Å². The lowest BCUT2D eigenvalue weighted by Gasteiger charge is -2.37. The van der Waals surface area contributed by atoms with Crippen LogP contribution in [0.3, 0.4) is 0 Å². The lowest BCUT2D eigenvalue weighted by molar-refractivity contribution is 0.0510. The first-order valence-electron chi connectivity index (χ1n) is 7.80. The summed E-state index contributed by atoms with van der Waals surface area (Å²) in [5.74, 6) is -0.141. The van der Waals surface area contributed by atoms with E-state index in [1.165, 1.54) is 0 Å². The van der Waals surface area contributed by atoms with Gasteiger partial charge in [-0.1, -0.05) is 6.07 Å². The Kier molecular flexibility index (Phi) is 6.79. The molecule has 0 radical (unpaired) electrons. The predicted molar refractivity (Wildman–Crippen MR) is 97.9 cm³/mol. The van der Waals surface area contributed by atoms with E-state index < -0.39 is 0 Å². The number of carbonyl (C=O) groups excluding carboxylic acids is 1. The summed E-state index contributed by atoms with van der Waals surface area (Å²) in [6.45, 7) is 3.20. The molecule has 2 aromatic rings. The molecule has 1 amide bonds. The number of rotatable bonds is 6. The molecule has 0 spiro atoms. The molecule has 2 aromatic heterocycles. The first-order chi connectivity index (χ1) is 11.2. The Balaban J connectivity index is 0.00000208. The van der Waals surface area contributed by atoms with Gasteiger partial charge in [-0.05, 0) is 43.4 Å². The summed E-state index contributed by atoms with van der Waals surface area (Å²) in [5, 5.41) is 15.4. The number of aromatic amines is 1. The summed E-state index contributed by atoms with van der Waals surface area (Å²) in [5.41, 5.74) is 1.32. The monoisotopic (exact) mass is 370 g/mol. The molecule has 8 heteroatoms. The van der Waals surface area contributed by atoms with Gasteiger partial charge in [0.1, 0.15) is 0 Å². The van der Waals surface area contributed by atoms with Gasteiger partial charge in [-0.15, -0.1) is 23.7 Å². The average molecular weight is 371 g/mol. The van der Waals surface area contributed by atoms with Crippen LogP contribution in [-0.4, -0.2) is 49.5 Å². The van der Waals surface area contributed by atoms with E-state index in [1.807, 2.05) is 17.5 Å². The van der Waals surface area contributed by atoms with E-state index in [4.69, 9.17) is 4.74 Å². The fraction of sp³-hybridized carbons (Fsp3) is 0.500. The van der Waals surface area contributed by atoms with E-state index in [0.29, 0.717) is 18.8 Å². The third-order valence-electron chi connectivity index (χ3n) is 4.34. The van der Waals surface area contributed by atoms with E-state index in [-0.39, 0.29) is 23.7 Å². The molecule has 0 saturated carbocycles. The zero-order valence-electron chi connectivity index (χ0n) is 13.6. The quantitative estimate of drug-likeness (QED) is 0.729. The van der Waals surface area contributed by atoms with Crippen LogP contribution < -0.4 is 10.6 Å². The minimum absolute atomic E-state index is 0. The largest absolute Gasteiger partial charge is 0.384 e. The maximum Gasteiger partial charge on any atom is 0.271 e. The van der Waals surface area contributed by atoms with Crippen molar-refractivity contribution in [3.8, 4) is 10.6 Å². The molecule has 1 saturated heterocycles. The standard InChI is InChI=1S/C16H22N4O2S.ClH/c1-22-11-16(4-6-17-7-5-16)10-18-15(21)13-9-12(19-20-13)14-3-2-8-23-14;/h2-3,8-9,17H,4-7,10-11H2,1H3,(H,18,21)(H,19,20);1H. The lowest BCUT2D eigenvalue weighted by atomic mass is 9.79. The van der Waals surface area contributed by atoms with Crippen LogP contribution in [0.1, 0.15) is 23.3 Å². The number of nitrogens with zero attached hydrogens (tertiary/aromatic N) is 1. The van der Waals surface area contributed by atoms with E-state index >= 15 is 0 Å². The van der Waals surface area contributed by atoms with Gasteiger partial charge in [0.15, 0.2) is 5.69 Å². The Morgan fingerprint density at radius 3 is 2.92 bits per heavy atom. The molecular weight excluding hydrogens is 348 g/mol. The van der Waals surface area contributed by atoms with Crippen molar-refractivity contribution in [3.05, 3.63) is 29.3 Å². The van der Waals surface area contributed by atoms with Gasteiger partial charge in [-0.3, -0.25) is 9.89 Å². The molecular formula is C16H23ClN4O2S. The summed E-state index contributed by atoms with van der Waals surface area (Å²) in [4.78, 5) is 13.4. The van der Waals surface area contributed by atoms with Crippen LogP contribution in [0.25, 0.3) is 10.6 Å². The molecule has 1 aliphatic rings. The second kappa shape index (κ2) is 8.62. The number of H-pyrrole nitrogens is 1. The summed E-state index contributed by atoms with van der Waals surface area (Å²) >= 11 is 1.62. The van der Waals surface area contributed by atoms with Gasteiger partial charge in [0.25, 0.3) is 5.91 Å². The van der Waals surface area contributed by atoms with Crippen LogP contribution in [0.5, 0.6) is 0 Å². The number of piperidine rings is 1. The number of amides is 1. The smallest absolute Gasteiger partial charge is 0.271 e. The number of carbonyl (C=O) groups is 1. The number of methoxy groups -OCH3 is 1. The minimum Gasteiger partial charge on any atom is -0.384 e. The summed E-state index contributed by atoms with van der Waals surface area (Å²) in [6, 6.07) is 5.78. The van der Waals surface area contributed by atoms with Crippen molar-refractivity contribution in [2.45, 2.75) is 12.8 Å². The summed E-state index contributed by atoms with van der Waals surface area (Å²) in [7, 11) is 1.71. The topological polar surface area (TPSA) is 79.0 Å². The molecule has 1 fully saturated rings. The molecule has 6 nitrogen and oxygen atoms in total. The Bertz CT molecular complexity index is 633. The third-order valence-corrected chi connectivity index (χ3v) is 5.24. The van der Waals surface area contributed by atoms with E-state index in [2.05, 4.69) is 20.8 Å². The molecule has 0 aliphatic carbocycles. The Morgan fingerprint density at radius 2 is 2.25 bits per heavy atom. The van der Waals surface area contributed by atoms with Crippen LogP contribution in [0, 0.1) is 5.41 Å². The maximum atomic E-state index is 12.4. The zero-order chi connectivity index (χ0) is 16.1. The SMILES string of the molecule is COCC1(CNC(=O)c2cc(-c3cccs3)[nH]n2)CCNCC1.Cl.